The molecule has 1 N–H and O–H groups in total. The highest BCUT2D eigenvalue weighted by molar-refractivity contribution is 5.93. The summed E-state index contributed by atoms with van der Waals surface area (Å²) in [5, 5.41) is 11.7. The number of aromatic nitrogens is 4. The molecular formula is C19H22N6O2. The molecule has 0 spiro atoms. The van der Waals surface area contributed by atoms with Crippen LogP contribution in [0.1, 0.15) is 40.8 Å². The number of hydrogen-bond acceptors (Lipinski definition) is 4. The highest BCUT2D eigenvalue weighted by Gasteiger charge is 2.25. The van der Waals surface area contributed by atoms with Gasteiger partial charge in [0.2, 0.25) is 5.91 Å². The highest BCUT2D eigenvalue weighted by Crippen LogP contribution is 2.17. The van der Waals surface area contributed by atoms with E-state index in [1.54, 1.807) is 9.42 Å². The Morgan fingerprint density at radius 2 is 2.04 bits per heavy atom. The number of rotatable bonds is 4. The molecule has 0 saturated carbocycles. The number of nitrogens with one attached hydrogen (secondary N) is 1. The van der Waals surface area contributed by atoms with Crippen LogP contribution in [0.4, 0.5) is 0 Å². The number of hydrogen-bond donors (Lipinski definition) is 1. The third kappa shape index (κ3) is 3.42. The maximum atomic E-state index is 12.9. The van der Waals surface area contributed by atoms with E-state index in [0.717, 1.165) is 22.5 Å². The molecule has 3 aromatic heterocycles. The van der Waals surface area contributed by atoms with Crippen LogP contribution >= 0.6 is 0 Å². The largest absolute Gasteiger partial charge is 0.350 e. The molecular weight excluding hydrogens is 344 g/mol. The Bertz CT molecular complexity index is 1020. The SMILES string of the molecule is CCC(=O)NCc1cc2n(n1)CCN(C(=O)c1cc3cc(C)ccn3n1)C2. The van der Waals surface area contributed by atoms with E-state index in [-0.39, 0.29) is 11.8 Å². The first-order chi connectivity index (χ1) is 13.0. The average Bonchev–Trinajstić information content (AvgIpc) is 3.27. The Balaban J connectivity index is 1.48. The van der Waals surface area contributed by atoms with Crippen molar-refractivity contribution >= 4 is 17.3 Å². The van der Waals surface area contributed by atoms with Crippen LogP contribution in [0.3, 0.4) is 0 Å². The molecule has 140 valence electrons. The van der Waals surface area contributed by atoms with E-state index < -0.39 is 0 Å². The van der Waals surface area contributed by atoms with Crippen LogP contribution in [-0.4, -0.2) is 42.7 Å². The third-order valence-corrected chi connectivity index (χ3v) is 4.76. The van der Waals surface area contributed by atoms with Gasteiger partial charge in [0.1, 0.15) is 0 Å². The Labute approximate surface area is 156 Å². The van der Waals surface area contributed by atoms with Gasteiger partial charge in [0, 0.05) is 19.2 Å². The van der Waals surface area contributed by atoms with Crippen molar-refractivity contribution in [3.05, 3.63) is 53.1 Å². The number of nitrogens with zero attached hydrogens (tertiary/aromatic N) is 5. The van der Waals surface area contributed by atoms with Gasteiger partial charge in [-0.05, 0) is 36.8 Å². The molecule has 0 aliphatic carbocycles. The molecule has 27 heavy (non-hydrogen) atoms. The van der Waals surface area contributed by atoms with E-state index in [9.17, 15) is 9.59 Å². The molecule has 4 heterocycles. The molecule has 4 rings (SSSR count). The standard InChI is InChI=1S/C19H22N6O2/c1-3-18(26)20-11-14-9-16-12-23(6-7-25(16)21-14)19(27)17-10-15-8-13(2)4-5-24(15)22-17/h4-5,8-10H,3,6-7,11-12H2,1-2H3,(H,20,26). The topological polar surface area (TPSA) is 84.5 Å². The van der Waals surface area contributed by atoms with Crippen LogP contribution in [0.5, 0.6) is 0 Å². The zero-order valence-electron chi connectivity index (χ0n) is 15.5. The number of aryl methyl sites for hydroxylation is 1. The summed E-state index contributed by atoms with van der Waals surface area (Å²) in [7, 11) is 0. The number of carbonyl (C=O) groups is 2. The maximum Gasteiger partial charge on any atom is 0.274 e. The smallest absolute Gasteiger partial charge is 0.274 e. The lowest BCUT2D eigenvalue weighted by molar-refractivity contribution is -0.120. The van der Waals surface area contributed by atoms with Crippen LogP contribution in [0.15, 0.2) is 30.5 Å². The van der Waals surface area contributed by atoms with Crippen LogP contribution in [-0.2, 0) is 24.4 Å². The lowest BCUT2D eigenvalue weighted by Gasteiger charge is -2.26. The summed E-state index contributed by atoms with van der Waals surface area (Å²) in [5.41, 5.74) is 4.27. The third-order valence-electron chi connectivity index (χ3n) is 4.76. The van der Waals surface area contributed by atoms with Crippen molar-refractivity contribution in [2.75, 3.05) is 6.54 Å². The molecule has 0 fully saturated rings. The van der Waals surface area contributed by atoms with Gasteiger partial charge in [-0.1, -0.05) is 6.92 Å². The zero-order chi connectivity index (χ0) is 19.0. The molecule has 0 atom stereocenters. The summed E-state index contributed by atoms with van der Waals surface area (Å²) in [4.78, 5) is 26.1. The minimum atomic E-state index is -0.0790. The van der Waals surface area contributed by atoms with Gasteiger partial charge < -0.3 is 10.2 Å². The van der Waals surface area contributed by atoms with Crippen LogP contribution in [0.2, 0.25) is 0 Å². The Hall–Kier alpha value is -3.16. The van der Waals surface area contributed by atoms with Crippen molar-refractivity contribution in [2.45, 2.75) is 39.9 Å². The molecule has 0 saturated heterocycles. The highest BCUT2D eigenvalue weighted by atomic mass is 16.2. The summed E-state index contributed by atoms with van der Waals surface area (Å²) in [6.45, 7) is 5.95. The van der Waals surface area contributed by atoms with E-state index in [1.165, 1.54) is 0 Å². The van der Waals surface area contributed by atoms with Gasteiger partial charge in [0.05, 0.1) is 36.5 Å². The minimum absolute atomic E-state index is 0.000128. The Morgan fingerprint density at radius 3 is 2.85 bits per heavy atom. The van der Waals surface area contributed by atoms with Gasteiger partial charge in [-0.25, -0.2) is 4.52 Å². The molecule has 3 aromatic rings. The van der Waals surface area contributed by atoms with Crippen LogP contribution in [0.25, 0.3) is 5.52 Å². The molecule has 8 heteroatoms. The van der Waals surface area contributed by atoms with Gasteiger partial charge >= 0.3 is 0 Å². The van der Waals surface area contributed by atoms with Crippen molar-refractivity contribution in [1.29, 1.82) is 0 Å². The van der Waals surface area contributed by atoms with Gasteiger partial charge in [0.25, 0.3) is 5.91 Å². The average molecular weight is 366 g/mol. The second kappa shape index (κ2) is 6.86. The Kier molecular flexibility index (Phi) is 4.39. The van der Waals surface area contributed by atoms with Crippen molar-refractivity contribution in [3.8, 4) is 0 Å². The number of amides is 2. The van der Waals surface area contributed by atoms with Gasteiger partial charge in [0.15, 0.2) is 5.69 Å². The predicted octanol–water partition coefficient (Wildman–Crippen LogP) is 1.52. The number of carbonyl (C=O) groups excluding carboxylic acids is 2. The molecule has 1 aliphatic heterocycles. The zero-order valence-corrected chi connectivity index (χ0v) is 15.5. The first-order valence-electron chi connectivity index (χ1n) is 9.11. The van der Waals surface area contributed by atoms with E-state index in [4.69, 9.17) is 0 Å². The molecule has 0 aromatic carbocycles. The monoisotopic (exact) mass is 366 g/mol. The molecule has 1 aliphatic rings. The summed E-state index contributed by atoms with van der Waals surface area (Å²) < 4.78 is 3.63. The molecule has 8 nitrogen and oxygen atoms in total. The first kappa shape index (κ1) is 17.3. The van der Waals surface area contributed by atoms with Crippen molar-refractivity contribution in [2.24, 2.45) is 0 Å². The lowest BCUT2D eigenvalue weighted by Crippen LogP contribution is -2.38. The summed E-state index contributed by atoms with van der Waals surface area (Å²) in [5.74, 6) is -0.0792. The van der Waals surface area contributed by atoms with E-state index in [2.05, 4.69) is 15.5 Å². The van der Waals surface area contributed by atoms with E-state index >= 15 is 0 Å². The second-order valence-corrected chi connectivity index (χ2v) is 6.81. The number of pyridine rings is 1. The minimum Gasteiger partial charge on any atom is -0.350 e. The lowest BCUT2D eigenvalue weighted by atomic mass is 10.2. The van der Waals surface area contributed by atoms with Gasteiger partial charge in [-0.2, -0.15) is 10.2 Å². The van der Waals surface area contributed by atoms with E-state index in [1.807, 2.05) is 49.0 Å². The fourth-order valence-electron chi connectivity index (χ4n) is 3.27. The van der Waals surface area contributed by atoms with Gasteiger partial charge in [-0.3, -0.25) is 14.3 Å². The normalized spacial score (nSPS) is 13.6. The predicted molar refractivity (Wildman–Crippen MR) is 99.0 cm³/mol. The number of fused-ring (bicyclic) bond motifs is 2. The van der Waals surface area contributed by atoms with Crippen molar-refractivity contribution < 1.29 is 9.59 Å². The molecule has 2 amide bonds. The molecule has 0 radical (unpaired) electrons. The fourth-order valence-corrected chi connectivity index (χ4v) is 3.27. The van der Waals surface area contributed by atoms with Crippen molar-refractivity contribution in [3.63, 3.8) is 0 Å². The second-order valence-electron chi connectivity index (χ2n) is 6.81. The quantitative estimate of drug-likeness (QED) is 0.759. The van der Waals surface area contributed by atoms with Gasteiger partial charge in [-0.15, -0.1) is 0 Å². The summed E-state index contributed by atoms with van der Waals surface area (Å²) >= 11 is 0. The summed E-state index contributed by atoms with van der Waals surface area (Å²) in [6, 6.07) is 7.74. The van der Waals surface area contributed by atoms with Crippen LogP contribution in [0, 0.1) is 6.92 Å². The fraction of sp³-hybridized carbons (Fsp3) is 0.368. The molecule has 0 bridgehead atoms. The van der Waals surface area contributed by atoms with Crippen molar-refractivity contribution in [1.82, 2.24) is 29.6 Å². The first-order valence-corrected chi connectivity index (χ1v) is 9.11. The summed E-state index contributed by atoms with van der Waals surface area (Å²) in [6.07, 6.45) is 2.32. The Morgan fingerprint density at radius 1 is 1.19 bits per heavy atom. The maximum absolute atomic E-state index is 12.9. The van der Waals surface area contributed by atoms with Crippen LogP contribution < -0.4 is 5.32 Å². The van der Waals surface area contributed by atoms with E-state index in [0.29, 0.717) is 38.3 Å². The molecule has 0 unspecified atom stereocenters.